The fourth-order valence-corrected chi connectivity index (χ4v) is 3.86. The van der Waals surface area contributed by atoms with Crippen molar-refractivity contribution in [2.24, 2.45) is 5.92 Å². The molecule has 1 heterocycles. The van der Waals surface area contributed by atoms with Gasteiger partial charge in [-0.05, 0) is 69.8 Å². The van der Waals surface area contributed by atoms with Crippen LogP contribution in [0.5, 0.6) is 11.5 Å². The third kappa shape index (κ3) is 4.91. The van der Waals surface area contributed by atoms with E-state index in [2.05, 4.69) is 30.8 Å². The van der Waals surface area contributed by atoms with Gasteiger partial charge in [0.25, 0.3) is 0 Å². The lowest BCUT2D eigenvalue weighted by Gasteiger charge is -2.37. The van der Waals surface area contributed by atoms with Gasteiger partial charge in [-0.2, -0.15) is 0 Å². The first kappa shape index (κ1) is 19.0. The number of aryl methyl sites for hydroxylation is 1. The lowest BCUT2D eigenvalue weighted by molar-refractivity contribution is -0.134. The largest absolute Gasteiger partial charge is 0.454 e. The zero-order valence-corrected chi connectivity index (χ0v) is 16.4. The molecule has 0 radical (unpaired) electrons. The average molecular weight is 360 g/mol. The zero-order valence-electron chi connectivity index (χ0n) is 16.4. The summed E-state index contributed by atoms with van der Waals surface area (Å²) in [4.78, 5) is 17.3. The van der Waals surface area contributed by atoms with Crippen molar-refractivity contribution in [2.45, 2.75) is 51.5 Å². The first-order valence-electron chi connectivity index (χ1n) is 9.85. The van der Waals surface area contributed by atoms with E-state index < -0.39 is 0 Å². The predicted octanol–water partition coefficient (Wildman–Crippen LogP) is 3.32. The van der Waals surface area contributed by atoms with Gasteiger partial charge in [0.2, 0.25) is 12.7 Å². The first-order chi connectivity index (χ1) is 12.5. The maximum absolute atomic E-state index is 13.0. The molecule has 0 atom stereocenters. The number of carbonyl (C=O) groups is 1. The van der Waals surface area contributed by atoms with Crippen molar-refractivity contribution < 1.29 is 14.3 Å². The van der Waals surface area contributed by atoms with Crippen LogP contribution in [0.4, 0.5) is 0 Å². The van der Waals surface area contributed by atoms with Gasteiger partial charge >= 0.3 is 0 Å². The fraction of sp³-hybridized carbons (Fsp3) is 0.667. The summed E-state index contributed by atoms with van der Waals surface area (Å²) in [6.45, 7) is 4.35. The second kappa shape index (κ2) is 8.76. The van der Waals surface area contributed by atoms with Crippen LogP contribution >= 0.6 is 0 Å². The first-order valence-corrected chi connectivity index (χ1v) is 9.85. The standard InChI is InChI=1S/C21H32N2O3/c1-16-4-8-18(9-5-16)23(13-12-22(2)3)21(24)11-7-17-6-10-19-20(14-17)26-15-25-19/h6,10,14,16,18H,4-5,7-9,11-13,15H2,1-3H3/t16-,18-. The molecule has 1 aromatic carbocycles. The van der Waals surface area contributed by atoms with Crippen molar-refractivity contribution in [2.75, 3.05) is 34.0 Å². The SMILES string of the molecule is CN(C)CCN(C(=O)CCc1ccc2c(c1)OCO2)[C@H]1CC[C@H](C)CC1. The van der Waals surface area contributed by atoms with Gasteiger partial charge in [-0.1, -0.05) is 13.0 Å². The van der Waals surface area contributed by atoms with E-state index in [9.17, 15) is 4.79 Å². The highest BCUT2D eigenvalue weighted by Gasteiger charge is 2.27. The van der Waals surface area contributed by atoms with Gasteiger partial charge in [0.15, 0.2) is 11.5 Å². The van der Waals surface area contributed by atoms with Gasteiger partial charge < -0.3 is 19.3 Å². The summed E-state index contributed by atoms with van der Waals surface area (Å²) in [5.41, 5.74) is 1.13. The molecule has 0 N–H and O–H groups in total. The molecule has 26 heavy (non-hydrogen) atoms. The second-order valence-electron chi connectivity index (χ2n) is 7.99. The van der Waals surface area contributed by atoms with Gasteiger partial charge in [0.05, 0.1) is 0 Å². The minimum Gasteiger partial charge on any atom is -0.454 e. The molecule has 1 aliphatic heterocycles. The lowest BCUT2D eigenvalue weighted by Crippen LogP contribution is -2.45. The number of carbonyl (C=O) groups excluding carboxylic acids is 1. The van der Waals surface area contributed by atoms with E-state index in [1.165, 1.54) is 12.8 Å². The van der Waals surface area contributed by atoms with Gasteiger partial charge in [0.1, 0.15) is 0 Å². The minimum absolute atomic E-state index is 0.282. The number of likely N-dealkylation sites (N-methyl/N-ethyl adjacent to an activating group) is 1. The molecular weight excluding hydrogens is 328 g/mol. The Balaban J connectivity index is 1.59. The molecule has 0 saturated heterocycles. The highest BCUT2D eigenvalue weighted by Crippen LogP contribution is 2.33. The van der Waals surface area contributed by atoms with E-state index in [1.54, 1.807) is 0 Å². The summed E-state index contributed by atoms with van der Waals surface area (Å²) in [7, 11) is 4.14. The Morgan fingerprint density at radius 2 is 1.81 bits per heavy atom. The monoisotopic (exact) mass is 360 g/mol. The summed E-state index contributed by atoms with van der Waals surface area (Å²) in [5, 5.41) is 0. The third-order valence-electron chi connectivity index (χ3n) is 5.60. The van der Waals surface area contributed by atoms with Gasteiger partial charge in [-0.3, -0.25) is 4.79 Å². The molecule has 0 aromatic heterocycles. The summed E-state index contributed by atoms with van der Waals surface area (Å²) < 4.78 is 10.8. The molecule has 5 heteroatoms. The molecular formula is C21H32N2O3. The smallest absolute Gasteiger partial charge is 0.231 e. The number of hydrogen-bond acceptors (Lipinski definition) is 4. The summed E-state index contributed by atoms with van der Waals surface area (Å²) in [5.74, 6) is 2.67. The molecule has 3 rings (SSSR count). The number of ether oxygens (including phenoxy) is 2. The number of amides is 1. The van der Waals surface area contributed by atoms with Gasteiger partial charge in [-0.25, -0.2) is 0 Å². The molecule has 2 aliphatic rings. The van der Waals surface area contributed by atoms with Crippen molar-refractivity contribution in [3.63, 3.8) is 0 Å². The second-order valence-corrected chi connectivity index (χ2v) is 7.99. The van der Waals surface area contributed by atoms with E-state index in [-0.39, 0.29) is 12.7 Å². The topological polar surface area (TPSA) is 42.0 Å². The Kier molecular flexibility index (Phi) is 6.41. The van der Waals surface area contributed by atoms with Crippen molar-refractivity contribution in [1.82, 2.24) is 9.80 Å². The number of fused-ring (bicyclic) bond motifs is 1. The quantitative estimate of drug-likeness (QED) is 0.748. The molecule has 0 bridgehead atoms. The molecule has 1 saturated carbocycles. The van der Waals surface area contributed by atoms with E-state index in [0.717, 1.165) is 55.3 Å². The average Bonchev–Trinajstić information content (AvgIpc) is 3.09. The van der Waals surface area contributed by atoms with Crippen LogP contribution in [-0.4, -0.2) is 55.7 Å². The third-order valence-corrected chi connectivity index (χ3v) is 5.60. The van der Waals surface area contributed by atoms with Crippen LogP contribution in [0.25, 0.3) is 0 Å². The normalized spacial score (nSPS) is 21.8. The molecule has 5 nitrogen and oxygen atoms in total. The van der Waals surface area contributed by atoms with E-state index in [0.29, 0.717) is 12.5 Å². The Morgan fingerprint density at radius 3 is 2.54 bits per heavy atom. The number of rotatable bonds is 7. The molecule has 144 valence electrons. The molecule has 1 fully saturated rings. The molecule has 0 spiro atoms. The molecule has 1 aliphatic carbocycles. The van der Waals surface area contributed by atoms with Crippen molar-refractivity contribution in [3.05, 3.63) is 23.8 Å². The van der Waals surface area contributed by atoms with Crippen LogP contribution in [0, 0.1) is 5.92 Å². The maximum atomic E-state index is 13.0. The highest BCUT2D eigenvalue weighted by atomic mass is 16.7. The fourth-order valence-electron chi connectivity index (χ4n) is 3.86. The van der Waals surface area contributed by atoms with Crippen molar-refractivity contribution in [3.8, 4) is 11.5 Å². The summed E-state index contributed by atoms with van der Waals surface area (Å²) in [6, 6.07) is 6.39. The Hall–Kier alpha value is -1.75. The lowest BCUT2D eigenvalue weighted by atomic mass is 9.86. The van der Waals surface area contributed by atoms with Gasteiger partial charge in [0, 0.05) is 25.6 Å². The van der Waals surface area contributed by atoms with E-state index in [4.69, 9.17) is 9.47 Å². The maximum Gasteiger partial charge on any atom is 0.231 e. The van der Waals surface area contributed by atoms with Crippen LogP contribution in [0.2, 0.25) is 0 Å². The Bertz CT molecular complexity index is 609. The number of nitrogens with zero attached hydrogens (tertiary/aromatic N) is 2. The van der Waals surface area contributed by atoms with Crippen molar-refractivity contribution in [1.29, 1.82) is 0 Å². The van der Waals surface area contributed by atoms with Crippen LogP contribution in [0.1, 0.15) is 44.6 Å². The van der Waals surface area contributed by atoms with E-state index in [1.807, 2.05) is 18.2 Å². The molecule has 1 amide bonds. The summed E-state index contributed by atoms with van der Waals surface area (Å²) in [6.07, 6.45) is 6.06. The van der Waals surface area contributed by atoms with Crippen LogP contribution in [-0.2, 0) is 11.2 Å². The van der Waals surface area contributed by atoms with Crippen LogP contribution in [0.15, 0.2) is 18.2 Å². The Labute approximate surface area is 157 Å². The summed E-state index contributed by atoms with van der Waals surface area (Å²) >= 11 is 0. The predicted molar refractivity (Wildman–Crippen MR) is 103 cm³/mol. The van der Waals surface area contributed by atoms with Crippen molar-refractivity contribution >= 4 is 5.91 Å². The molecule has 0 unspecified atom stereocenters. The zero-order chi connectivity index (χ0) is 18.5. The van der Waals surface area contributed by atoms with E-state index >= 15 is 0 Å². The van der Waals surface area contributed by atoms with Gasteiger partial charge in [-0.15, -0.1) is 0 Å². The van der Waals surface area contributed by atoms with Crippen LogP contribution in [0.3, 0.4) is 0 Å². The Morgan fingerprint density at radius 1 is 1.08 bits per heavy atom. The highest BCUT2D eigenvalue weighted by molar-refractivity contribution is 5.77. The minimum atomic E-state index is 0.282. The number of hydrogen-bond donors (Lipinski definition) is 0. The number of benzene rings is 1. The molecule has 1 aromatic rings. The van der Waals surface area contributed by atoms with Crippen LogP contribution < -0.4 is 9.47 Å².